The topological polar surface area (TPSA) is 62.5 Å². The number of carbonyl (C=O) groups excluding carboxylic acids is 1. The molecule has 2 N–H and O–H groups in total. The highest BCUT2D eigenvalue weighted by Gasteiger charge is 2.21. The van der Waals surface area contributed by atoms with Gasteiger partial charge in [0.2, 0.25) is 5.91 Å². The molecule has 5 heteroatoms. The first-order valence-electron chi connectivity index (χ1n) is 7.95. The van der Waals surface area contributed by atoms with E-state index in [4.69, 9.17) is 5.73 Å². The van der Waals surface area contributed by atoms with E-state index in [-0.39, 0.29) is 0 Å². The number of piperazine rings is 1. The van der Waals surface area contributed by atoms with Crippen LogP contribution in [-0.2, 0) is 4.79 Å². The number of hydrogen-bond acceptors (Lipinski definition) is 4. The molecule has 5 nitrogen and oxygen atoms in total. The summed E-state index contributed by atoms with van der Waals surface area (Å²) in [5.41, 5.74) is 6.33. The number of hydrogen-bond donors (Lipinski definition) is 1. The van der Waals surface area contributed by atoms with Gasteiger partial charge in [0.05, 0.1) is 11.9 Å². The molecule has 0 aliphatic carbocycles. The second-order valence-electron chi connectivity index (χ2n) is 5.63. The maximum absolute atomic E-state index is 12.1. The summed E-state index contributed by atoms with van der Waals surface area (Å²) in [4.78, 5) is 20.7. The predicted molar refractivity (Wildman–Crippen MR) is 86.2 cm³/mol. The Balaban J connectivity index is 1.75. The number of aromatic nitrogens is 1. The Labute approximate surface area is 127 Å². The lowest BCUT2D eigenvalue weighted by atomic mass is 10.1. The molecule has 0 atom stereocenters. The molecule has 0 saturated carbocycles. The number of amides is 1. The van der Waals surface area contributed by atoms with Gasteiger partial charge in [-0.3, -0.25) is 4.79 Å². The SMILES string of the molecule is CCCCCCC(=O)N1CCN(c2ccc(N)cn2)CC1. The Bertz CT molecular complexity index is 438. The quantitative estimate of drug-likeness (QED) is 0.816. The van der Waals surface area contributed by atoms with E-state index in [1.54, 1.807) is 6.20 Å². The normalized spacial score (nSPS) is 15.3. The number of anilines is 2. The summed E-state index contributed by atoms with van der Waals surface area (Å²) < 4.78 is 0. The number of nitrogen functional groups attached to an aromatic ring is 1. The molecule has 1 fully saturated rings. The van der Waals surface area contributed by atoms with Crippen molar-refractivity contribution in [2.75, 3.05) is 36.8 Å². The van der Waals surface area contributed by atoms with E-state index >= 15 is 0 Å². The van der Waals surface area contributed by atoms with Gasteiger partial charge in [-0.2, -0.15) is 0 Å². The van der Waals surface area contributed by atoms with Gasteiger partial charge in [0.1, 0.15) is 5.82 Å². The van der Waals surface area contributed by atoms with E-state index < -0.39 is 0 Å². The molecule has 1 aromatic rings. The molecule has 1 aliphatic heterocycles. The van der Waals surface area contributed by atoms with Crippen molar-refractivity contribution in [3.63, 3.8) is 0 Å². The molecule has 1 saturated heterocycles. The highest BCUT2D eigenvalue weighted by atomic mass is 16.2. The number of unbranched alkanes of at least 4 members (excludes halogenated alkanes) is 3. The second-order valence-corrected chi connectivity index (χ2v) is 5.63. The minimum Gasteiger partial charge on any atom is -0.397 e. The van der Waals surface area contributed by atoms with Crippen LogP contribution in [-0.4, -0.2) is 42.0 Å². The Morgan fingerprint density at radius 1 is 1.19 bits per heavy atom. The maximum atomic E-state index is 12.1. The fourth-order valence-corrected chi connectivity index (χ4v) is 2.63. The van der Waals surface area contributed by atoms with Crippen LogP contribution in [0, 0.1) is 0 Å². The second kappa shape index (κ2) is 7.86. The summed E-state index contributed by atoms with van der Waals surface area (Å²) in [6.07, 6.45) is 7.00. The van der Waals surface area contributed by atoms with E-state index in [0.717, 1.165) is 44.8 Å². The molecular formula is C16H26N4O. The summed E-state index contributed by atoms with van der Waals surface area (Å²) >= 11 is 0. The number of carbonyl (C=O) groups is 1. The van der Waals surface area contributed by atoms with Crippen LogP contribution in [0.1, 0.15) is 39.0 Å². The van der Waals surface area contributed by atoms with Gasteiger partial charge in [0.15, 0.2) is 0 Å². The van der Waals surface area contributed by atoms with E-state index in [0.29, 0.717) is 18.0 Å². The Morgan fingerprint density at radius 3 is 2.57 bits per heavy atom. The predicted octanol–water partition coefficient (Wildman–Crippen LogP) is 2.28. The van der Waals surface area contributed by atoms with E-state index in [2.05, 4.69) is 16.8 Å². The molecule has 2 rings (SSSR count). The molecule has 0 bridgehead atoms. The van der Waals surface area contributed by atoms with Crippen LogP contribution >= 0.6 is 0 Å². The van der Waals surface area contributed by atoms with Gasteiger partial charge in [0, 0.05) is 32.6 Å². The van der Waals surface area contributed by atoms with Crippen LogP contribution in [0.3, 0.4) is 0 Å². The summed E-state index contributed by atoms with van der Waals surface area (Å²) in [6.45, 7) is 5.46. The fraction of sp³-hybridized carbons (Fsp3) is 0.625. The smallest absolute Gasteiger partial charge is 0.222 e. The zero-order valence-corrected chi connectivity index (χ0v) is 12.9. The van der Waals surface area contributed by atoms with Gasteiger partial charge >= 0.3 is 0 Å². The van der Waals surface area contributed by atoms with Crippen molar-refractivity contribution in [2.24, 2.45) is 0 Å². The number of pyridine rings is 1. The maximum Gasteiger partial charge on any atom is 0.222 e. The van der Waals surface area contributed by atoms with Crippen LogP contribution in [0.25, 0.3) is 0 Å². The molecule has 0 unspecified atom stereocenters. The lowest BCUT2D eigenvalue weighted by Crippen LogP contribution is -2.49. The molecule has 1 aromatic heterocycles. The molecule has 0 aromatic carbocycles. The Morgan fingerprint density at radius 2 is 1.95 bits per heavy atom. The summed E-state index contributed by atoms with van der Waals surface area (Å²) in [6, 6.07) is 3.81. The minimum atomic E-state index is 0.302. The van der Waals surface area contributed by atoms with Crippen molar-refractivity contribution in [3.8, 4) is 0 Å². The molecule has 2 heterocycles. The molecule has 21 heavy (non-hydrogen) atoms. The lowest BCUT2D eigenvalue weighted by molar-refractivity contribution is -0.131. The number of rotatable bonds is 6. The van der Waals surface area contributed by atoms with Gasteiger partial charge in [-0.15, -0.1) is 0 Å². The van der Waals surface area contributed by atoms with Crippen LogP contribution in [0.4, 0.5) is 11.5 Å². The van der Waals surface area contributed by atoms with Gasteiger partial charge < -0.3 is 15.5 Å². The van der Waals surface area contributed by atoms with E-state index in [1.165, 1.54) is 12.8 Å². The zero-order valence-electron chi connectivity index (χ0n) is 12.9. The monoisotopic (exact) mass is 290 g/mol. The van der Waals surface area contributed by atoms with Crippen molar-refractivity contribution >= 4 is 17.4 Å². The molecule has 1 aliphatic rings. The first kappa shape index (κ1) is 15.6. The van der Waals surface area contributed by atoms with Crippen molar-refractivity contribution in [3.05, 3.63) is 18.3 Å². The van der Waals surface area contributed by atoms with Crippen molar-refractivity contribution in [1.29, 1.82) is 0 Å². The fourth-order valence-electron chi connectivity index (χ4n) is 2.63. The minimum absolute atomic E-state index is 0.302. The Kier molecular flexibility index (Phi) is 5.84. The largest absolute Gasteiger partial charge is 0.397 e. The first-order valence-corrected chi connectivity index (χ1v) is 7.95. The Hall–Kier alpha value is -1.78. The third-order valence-corrected chi connectivity index (χ3v) is 3.97. The van der Waals surface area contributed by atoms with Gasteiger partial charge in [-0.25, -0.2) is 4.98 Å². The molecular weight excluding hydrogens is 264 g/mol. The number of nitrogens with two attached hydrogens (primary N) is 1. The average Bonchev–Trinajstić information content (AvgIpc) is 2.52. The zero-order chi connectivity index (χ0) is 15.1. The summed E-state index contributed by atoms with van der Waals surface area (Å²) in [7, 11) is 0. The molecule has 1 amide bonds. The van der Waals surface area contributed by atoms with Gasteiger partial charge in [0.25, 0.3) is 0 Å². The van der Waals surface area contributed by atoms with Gasteiger partial charge in [-0.1, -0.05) is 26.2 Å². The van der Waals surface area contributed by atoms with Gasteiger partial charge in [-0.05, 0) is 18.6 Å². The summed E-state index contributed by atoms with van der Waals surface area (Å²) in [5.74, 6) is 1.25. The van der Waals surface area contributed by atoms with Crippen LogP contribution < -0.4 is 10.6 Å². The van der Waals surface area contributed by atoms with E-state index in [1.807, 2.05) is 17.0 Å². The standard InChI is InChI=1S/C16H26N4O/c1-2-3-4-5-6-16(21)20-11-9-19(10-12-20)15-8-7-14(17)13-18-15/h7-8,13H,2-6,9-12,17H2,1H3. The van der Waals surface area contributed by atoms with Crippen LogP contribution in [0.2, 0.25) is 0 Å². The summed E-state index contributed by atoms with van der Waals surface area (Å²) in [5, 5.41) is 0. The van der Waals surface area contributed by atoms with Crippen LogP contribution in [0.5, 0.6) is 0 Å². The highest BCUT2D eigenvalue weighted by Crippen LogP contribution is 2.15. The van der Waals surface area contributed by atoms with Crippen molar-refractivity contribution in [2.45, 2.75) is 39.0 Å². The number of nitrogens with zero attached hydrogens (tertiary/aromatic N) is 3. The molecule has 0 spiro atoms. The first-order chi connectivity index (χ1) is 10.2. The third kappa shape index (κ3) is 4.62. The van der Waals surface area contributed by atoms with Crippen molar-refractivity contribution < 1.29 is 4.79 Å². The van der Waals surface area contributed by atoms with Crippen LogP contribution in [0.15, 0.2) is 18.3 Å². The highest BCUT2D eigenvalue weighted by molar-refractivity contribution is 5.76. The average molecular weight is 290 g/mol. The third-order valence-electron chi connectivity index (χ3n) is 3.97. The molecule has 116 valence electrons. The van der Waals surface area contributed by atoms with Crippen molar-refractivity contribution in [1.82, 2.24) is 9.88 Å². The molecule has 0 radical (unpaired) electrons. The van der Waals surface area contributed by atoms with E-state index in [9.17, 15) is 4.79 Å². The lowest BCUT2D eigenvalue weighted by Gasteiger charge is -2.35.